The minimum absolute atomic E-state index is 0.187. The summed E-state index contributed by atoms with van der Waals surface area (Å²) in [6.45, 7) is 5.37. The van der Waals surface area contributed by atoms with Gasteiger partial charge in [-0.2, -0.15) is 10.4 Å². The van der Waals surface area contributed by atoms with E-state index >= 15 is 0 Å². The van der Waals surface area contributed by atoms with E-state index in [1.807, 2.05) is 19.1 Å². The molecule has 0 radical (unpaired) electrons. The van der Waals surface area contributed by atoms with Gasteiger partial charge in [0.25, 0.3) is 0 Å². The molecule has 0 bridgehead atoms. The molecule has 0 aliphatic carbocycles. The Morgan fingerprint density at radius 2 is 2.19 bits per heavy atom. The Bertz CT molecular complexity index is 744. The van der Waals surface area contributed by atoms with Crippen LogP contribution in [0.1, 0.15) is 34.2 Å². The second-order valence-corrected chi connectivity index (χ2v) is 5.76. The van der Waals surface area contributed by atoms with Crippen molar-refractivity contribution in [2.75, 3.05) is 5.75 Å². The maximum absolute atomic E-state index is 11.3. The van der Waals surface area contributed by atoms with E-state index in [0.717, 1.165) is 10.6 Å². The van der Waals surface area contributed by atoms with Gasteiger partial charge in [0.2, 0.25) is 0 Å². The predicted octanol–water partition coefficient (Wildman–Crippen LogP) is 3.17. The summed E-state index contributed by atoms with van der Waals surface area (Å²) >= 11 is 1.58. The Morgan fingerprint density at radius 1 is 1.48 bits per heavy atom. The summed E-state index contributed by atoms with van der Waals surface area (Å²) < 4.78 is 1.54. The maximum atomic E-state index is 11.3. The number of carbonyl (C=O) groups is 1. The highest BCUT2D eigenvalue weighted by Gasteiger charge is 2.20. The monoisotopic (exact) mass is 301 g/mol. The molecule has 6 heteroatoms. The fraction of sp³-hybridized carbons (Fsp3) is 0.267. The Morgan fingerprint density at radius 3 is 2.71 bits per heavy atom. The van der Waals surface area contributed by atoms with Crippen LogP contribution in [0, 0.1) is 25.2 Å². The molecule has 2 rings (SSSR count). The predicted molar refractivity (Wildman–Crippen MR) is 81.1 cm³/mol. The van der Waals surface area contributed by atoms with Gasteiger partial charge in [0.1, 0.15) is 11.6 Å². The van der Waals surface area contributed by atoms with Gasteiger partial charge >= 0.3 is 5.97 Å². The van der Waals surface area contributed by atoms with Crippen molar-refractivity contribution in [2.45, 2.75) is 25.7 Å². The van der Waals surface area contributed by atoms with Crippen molar-refractivity contribution >= 4 is 17.7 Å². The first kappa shape index (κ1) is 15.1. The standard InChI is InChI=1S/C15H15N3O2S/c1-4-21-13-7-5-6-12(11(13)8-16)18-10(3)14(15(19)20)9(2)17-18/h5-7H,4H2,1-3H3,(H,19,20). The first-order chi connectivity index (χ1) is 10.0. The van der Waals surface area contributed by atoms with Crippen molar-refractivity contribution in [1.82, 2.24) is 9.78 Å². The number of carboxylic acid groups (broad SMARTS) is 1. The highest BCUT2D eigenvalue weighted by Crippen LogP contribution is 2.28. The quantitative estimate of drug-likeness (QED) is 0.877. The topological polar surface area (TPSA) is 78.9 Å². The zero-order valence-corrected chi connectivity index (χ0v) is 12.9. The van der Waals surface area contributed by atoms with Crippen LogP contribution >= 0.6 is 11.8 Å². The summed E-state index contributed by atoms with van der Waals surface area (Å²) in [5, 5.41) is 23.0. The van der Waals surface area contributed by atoms with Gasteiger partial charge in [0.15, 0.2) is 0 Å². The van der Waals surface area contributed by atoms with E-state index in [1.165, 1.54) is 4.68 Å². The number of carboxylic acids is 1. The molecular formula is C15H15N3O2S. The third kappa shape index (κ3) is 2.65. The third-order valence-electron chi connectivity index (χ3n) is 3.15. The lowest BCUT2D eigenvalue weighted by Gasteiger charge is -2.10. The maximum Gasteiger partial charge on any atom is 0.339 e. The average molecular weight is 301 g/mol. The van der Waals surface area contributed by atoms with Crippen LogP contribution in [0.5, 0.6) is 0 Å². The fourth-order valence-electron chi connectivity index (χ4n) is 2.27. The van der Waals surface area contributed by atoms with Gasteiger partial charge in [0, 0.05) is 4.90 Å². The van der Waals surface area contributed by atoms with Gasteiger partial charge in [-0.25, -0.2) is 9.48 Å². The Kier molecular flexibility index (Phi) is 4.34. The van der Waals surface area contributed by atoms with Crippen LogP contribution in [-0.4, -0.2) is 26.6 Å². The zero-order valence-electron chi connectivity index (χ0n) is 12.0. The van der Waals surface area contributed by atoms with Crippen molar-refractivity contribution in [3.63, 3.8) is 0 Å². The van der Waals surface area contributed by atoms with Crippen LogP contribution in [-0.2, 0) is 0 Å². The highest BCUT2D eigenvalue weighted by molar-refractivity contribution is 7.99. The summed E-state index contributed by atoms with van der Waals surface area (Å²) in [6, 6.07) is 7.73. The molecule has 5 nitrogen and oxygen atoms in total. The Hall–Kier alpha value is -2.26. The molecule has 1 aromatic heterocycles. The van der Waals surface area contributed by atoms with Crippen LogP contribution in [0.25, 0.3) is 5.69 Å². The smallest absolute Gasteiger partial charge is 0.339 e. The van der Waals surface area contributed by atoms with E-state index in [9.17, 15) is 15.2 Å². The molecule has 1 heterocycles. The molecule has 0 amide bonds. The van der Waals surface area contributed by atoms with Crippen molar-refractivity contribution in [2.24, 2.45) is 0 Å². The van der Waals surface area contributed by atoms with E-state index in [2.05, 4.69) is 11.2 Å². The molecule has 1 N–H and O–H groups in total. The van der Waals surface area contributed by atoms with Gasteiger partial charge < -0.3 is 5.11 Å². The number of hydrogen-bond acceptors (Lipinski definition) is 4. The van der Waals surface area contributed by atoms with Crippen LogP contribution in [0.3, 0.4) is 0 Å². The van der Waals surface area contributed by atoms with E-state index < -0.39 is 5.97 Å². The average Bonchev–Trinajstić information content (AvgIpc) is 2.74. The molecule has 0 atom stereocenters. The second-order valence-electron chi connectivity index (χ2n) is 4.46. The van der Waals surface area contributed by atoms with Crippen molar-refractivity contribution in [3.05, 3.63) is 40.7 Å². The van der Waals surface area contributed by atoms with Crippen molar-refractivity contribution in [1.29, 1.82) is 5.26 Å². The van der Waals surface area contributed by atoms with E-state index in [-0.39, 0.29) is 5.56 Å². The number of nitriles is 1. The molecular weight excluding hydrogens is 286 g/mol. The minimum Gasteiger partial charge on any atom is -0.478 e. The van der Waals surface area contributed by atoms with Gasteiger partial charge in [0.05, 0.1) is 22.6 Å². The van der Waals surface area contributed by atoms with E-state index in [1.54, 1.807) is 31.7 Å². The molecule has 0 unspecified atom stereocenters. The molecule has 0 spiro atoms. The molecule has 1 aromatic carbocycles. The zero-order chi connectivity index (χ0) is 15.6. The summed E-state index contributed by atoms with van der Waals surface area (Å²) in [4.78, 5) is 12.2. The van der Waals surface area contributed by atoms with Crippen LogP contribution in [0.2, 0.25) is 0 Å². The van der Waals surface area contributed by atoms with Crippen LogP contribution in [0.4, 0.5) is 0 Å². The summed E-state index contributed by atoms with van der Waals surface area (Å²) in [7, 11) is 0. The fourth-order valence-corrected chi connectivity index (χ4v) is 3.05. The molecule has 0 aliphatic rings. The molecule has 0 saturated heterocycles. The highest BCUT2D eigenvalue weighted by atomic mass is 32.2. The number of aryl methyl sites for hydroxylation is 1. The number of aromatic nitrogens is 2. The molecule has 108 valence electrons. The number of aromatic carboxylic acids is 1. The summed E-state index contributed by atoms with van der Waals surface area (Å²) in [5.41, 5.74) is 2.29. The minimum atomic E-state index is -1.01. The number of benzene rings is 1. The summed E-state index contributed by atoms with van der Waals surface area (Å²) in [6.07, 6.45) is 0. The number of rotatable bonds is 4. The normalized spacial score (nSPS) is 10.4. The Labute approximate surface area is 127 Å². The van der Waals surface area contributed by atoms with Gasteiger partial charge in [-0.15, -0.1) is 11.8 Å². The molecule has 0 aliphatic heterocycles. The Balaban J connectivity index is 2.69. The van der Waals surface area contributed by atoms with Crippen molar-refractivity contribution < 1.29 is 9.90 Å². The lowest BCUT2D eigenvalue weighted by Crippen LogP contribution is -2.05. The van der Waals surface area contributed by atoms with Crippen molar-refractivity contribution in [3.8, 4) is 11.8 Å². The van der Waals surface area contributed by atoms with Gasteiger partial charge in [-0.05, 0) is 31.7 Å². The number of thioether (sulfide) groups is 1. The largest absolute Gasteiger partial charge is 0.478 e. The second kappa shape index (κ2) is 6.02. The lowest BCUT2D eigenvalue weighted by molar-refractivity contribution is 0.0695. The van der Waals surface area contributed by atoms with Crippen LogP contribution in [0.15, 0.2) is 23.1 Å². The SMILES string of the molecule is CCSc1cccc(-n2nc(C)c(C(=O)O)c2C)c1C#N. The molecule has 21 heavy (non-hydrogen) atoms. The van der Waals surface area contributed by atoms with Gasteiger partial charge in [-0.3, -0.25) is 0 Å². The number of nitrogens with zero attached hydrogens (tertiary/aromatic N) is 3. The van der Waals surface area contributed by atoms with Crippen LogP contribution < -0.4 is 0 Å². The molecule has 2 aromatic rings. The molecule has 0 fully saturated rings. The third-order valence-corrected chi connectivity index (χ3v) is 4.09. The van der Waals surface area contributed by atoms with E-state index in [0.29, 0.717) is 22.6 Å². The lowest BCUT2D eigenvalue weighted by atomic mass is 10.1. The first-order valence-corrected chi connectivity index (χ1v) is 7.45. The first-order valence-electron chi connectivity index (χ1n) is 6.47. The number of hydrogen-bond donors (Lipinski definition) is 1. The molecule has 0 saturated carbocycles. The van der Waals surface area contributed by atoms with E-state index in [4.69, 9.17) is 0 Å². The van der Waals surface area contributed by atoms with Gasteiger partial charge in [-0.1, -0.05) is 13.0 Å². The summed E-state index contributed by atoms with van der Waals surface area (Å²) in [5.74, 6) is -0.149.